The van der Waals surface area contributed by atoms with Crippen LogP contribution in [-0.2, 0) is 9.53 Å². The molecule has 1 atom stereocenters. The van der Waals surface area contributed by atoms with Crippen LogP contribution in [0.2, 0.25) is 0 Å². The highest BCUT2D eigenvalue weighted by Crippen LogP contribution is 2.30. The molecule has 0 aromatic heterocycles. The molecule has 3 rings (SSSR count). The maximum absolute atomic E-state index is 12.1. The van der Waals surface area contributed by atoms with Gasteiger partial charge in [-0.25, -0.2) is 4.79 Å². The van der Waals surface area contributed by atoms with Crippen molar-refractivity contribution in [3.63, 3.8) is 0 Å². The van der Waals surface area contributed by atoms with Crippen molar-refractivity contribution in [3.05, 3.63) is 59.7 Å². The molecule has 0 aliphatic carbocycles. The molecule has 6 heteroatoms. The highest BCUT2D eigenvalue weighted by Gasteiger charge is 2.17. The number of benzene rings is 2. The van der Waals surface area contributed by atoms with E-state index in [1.807, 2.05) is 37.3 Å². The predicted octanol–water partition coefficient (Wildman–Crippen LogP) is 2.53. The molecule has 2 aromatic rings. The second kappa shape index (κ2) is 8.38. The van der Waals surface area contributed by atoms with Crippen LogP contribution in [0.5, 0.6) is 11.5 Å². The number of ether oxygens (including phenoxy) is 3. The minimum Gasteiger partial charge on any atom is -0.486 e. The first kappa shape index (κ1) is 17.8. The van der Waals surface area contributed by atoms with Crippen LogP contribution in [-0.4, -0.2) is 38.2 Å². The number of nitrogens with one attached hydrogen (secondary N) is 1. The summed E-state index contributed by atoms with van der Waals surface area (Å²) in [6.07, 6.45) is 0. The van der Waals surface area contributed by atoms with Crippen molar-refractivity contribution in [3.8, 4) is 11.5 Å². The van der Waals surface area contributed by atoms with Crippen LogP contribution in [0, 0.1) is 0 Å². The van der Waals surface area contributed by atoms with Crippen molar-refractivity contribution in [1.29, 1.82) is 0 Å². The van der Waals surface area contributed by atoms with E-state index in [0.717, 1.165) is 5.56 Å². The summed E-state index contributed by atoms with van der Waals surface area (Å²) in [7, 11) is 0. The van der Waals surface area contributed by atoms with Crippen LogP contribution in [0.3, 0.4) is 0 Å². The SMILES string of the molecule is CC(CNC(=O)COC(=O)c1ccc2c(c1)OCCO2)c1ccccc1. The van der Waals surface area contributed by atoms with E-state index in [1.54, 1.807) is 18.2 Å². The van der Waals surface area contributed by atoms with Crippen molar-refractivity contribution in [2.45, 2.75) is 12.8 Å². The van der Waals surface area contributed by atoms with Gasteiger partial charge in [0.25, 0.3) is 5.91 Å². The van der Waals surface area contributed by atoms with E-state index < -0.39 is 5.97 Å². The second-order valence-electron chi connectivity index (χ2n) is 6.05. The Morgan fingerprint density at radius 1 is 1.08 bits per heavy atom. The Labute approximate surface area is 152 Å². The average molecular weight is 355 g/mol. The standard InChI is InChI=1S/C20H21NO5/c1-14(15-5-3-2-4-6-15)12-21-19(22)13-26-20(23)16-7-8-17-18(11-16)25-10-9-24-17/h2-8,11,14H,9-10,12-13H2,1H3,(H,21,22). The first-order valence-electron chi connectivity index (χ1n) is 8.52. The summed E-state index contributed by atoms with van der Waals surface area (Å²) in [4.78, 5) is 24.0. The molecule has 1 aliphatic rings. The first-order chi connectivity index (χ1) is 12.6. The monoisotopic (exact) mass is 355 g/mol. The van der Waals surface area contributed by atoms with Gasteiger partial charge in [-0.05, 0) is 29.7 Å². The summed E-state index contributed by atoms with van der Waals surface area (Å²) in [5.41, 5.74) is 1.46. The zero-order valence-electron chi connectivity index (χ0n) is 14.6. The number of fused-ring (bicyclic) bond motifs is 1. The summed E-state index contributed by atoms with van der Waals surface area (Å²) in [5.74, 6) is 0.368. The molecule has 0 fully saturated rings. The summed E-state index contributed by atoms with van der Waals surface area (Å²) >= 11 is 0. The van der Waals surface area contributed by atoms with Crippen LogP contribution >= 0.6 is 0 Å². The molecule has 0 bridgehead atoms. The van der Waals surface area contributed by atoms with E-state index in [0.29, 0.717) is 36.8 Å². The molecular weight excluding hydrogens is 334 g/mol. The lowest BCUT2D eigenvalue weighted by molar-refractivity contribution is -0.124. The topological polar surface area (TPSA) is 73.9 Å². The molecule has 1 amide bonds. The van der Waals surface area contributed by atoms with E-state index in [4.69, 9.17) is 14.2 Å². The number of esters is 1. The van der Waals surface area contributed by atoms with Gasteiger partial charge in [0.15, 0.2) is 18.1 Å². The number of hydrogen-bond donors (Lipinski definition) is 1. The van der Waals surface area contributed by atoms with E-state index in [1.165, 1.54) is 0 Å². The van der Waals surface area contributed by atoms with Gasteiger partial charge >= 0.3 is 5.97 Å². The van der Waals surface area contributed by atoms with Gasteiger partial charge in [0, 0.05) is 6.54 Å². The quantitative estimate of drug-likeness (QED) is 0.806. The fourth-order valence-electron chi connectivity index (χ4n) is 2.60. The smallest absolute Gasteiger partial charge is 0.338 e. The van der Waals surface area contributed by atoms with Crippen LogP contribution in [0.1, 0.15) is 28.8 Å². The second-order valence-corrected chi connectivity index (χ2v) is 6.05. The molecule has 1 heterocycles. The Morgan fingerprint density at radius 2 is 1.81 bits per heavy atom. The molecule has 0 radical (unpaired) electrons. The third-order valence-electron chi connectivity index (χ3n) is 4.09. The first-order valence-corrected chi connectivity index (χ1v) is 8.52. The minimum absolute atomic E-state index is 0.175. The average Bonchev–Trinajstić information content (AvgIpc) is 2.70. The van der Waals surface area contributed by atoms with Gasteiger partial charge in [-0.15, -0.1) is 0 Å². The molecule has 1 unspecified atom stereocenters. The highest BCUT2D eigenvalue weighted by molar-refractivity contribution is 5.92. The van der Waals surface area contributed by atoms with Gasteiger partial charge in [0.1, 0.15) is 13.2 Å². The van der Waals surface area contributed by atoms with E-state index in [2.05, 4.69) is 5.32 Å². The van der Waals surface area contributed by atoms with Crippen molar-refractivity contribution in [2.75, 3.05) is 26.4 Å². The van der Waals surface area contributed by atoms with E-state index in [-0.39, 0.29) is 18.4 Å². The number of carbonyl (C=O) groups is 2. The zero-order chi connectivity index (χ0) is 18.4. The van der Waals surface area contributed by atoms with Gasteiger partial charge in [-0.1, -0.05) is 37.3 Å². The normalized spacial score (nSPS) is 13.6. The number of carbonyl (C=O) groups excluding carboxylic acids is 2. The molecule has 1 aliphatic heterocycles. The lowest BCUT2D eigenvalue weighted by Crippen LogP contribution is -2.31. The molecule has 0 spiro atoms. The van der Waals surface area contributed by atoms with Crippen molar-refractivity contribution in [2.24, 2.45) is 0 Å². The van der Waals surface area contributed by atoms with Crippen LogP contribution in [0.25, 0.3) is 0 Å². The molecule has 2 aromatic carbocycles. The summed E-state index contributed by atoms with van der Waals surface area (Å²) in [6, 6.07) is 14.7. The molecule has 1 N–H and O–H groups in total. The maximum atomic E-state index is 12.1. The van der Waals surface area contributed by atoms with Gasteiger partial charge in [-0.3, -0.25) is 4.79 Å². The molecule has 0 saturated heterocycles. The Hall–Kier alpha value is -3.02. The van der Waals surface area contributed by atoms with Crippen molar-refractivity contribution < 1.29 is 23.8 Å². The Bertz CT molecular complexity index is 775. The van der Waals surface area contributed by atoms with Crippen molar-refractivity contribution >= 4 is 11.9 Å². The van der Waals surface area contributed by atoms with E-state index in [9.17, 15) is 9.59 Å². The Morgan fingerprint density at radius 3 is 2.58 bits per heavy atom. The number of hydrogen-bond acceptors (Lipinski definition) is 5. The minimum atomic E-state index is -0.576. The maximum Gasteiger partial charge on any atom is 0.338 e. The third-order valence-corrected chi connectivity index (χ3v) is 4.09. The zero-order valence-corrected chi connectivity index (χ0v) is 14.6. The molecular formula is C20H21NO5. The lowest BCUT2D eigenvalue weighted by Gasteiger charge is -2.18. The summed E-state index contributed by atoms with van der Waals surface area (Å²) < 4.78 is 15.9. The fourth-order valence-corrected chi connectivity index (χ4v) is 2.60. The van der Waals surface area contributed by atoms with Gasteiger partial charge in [0.2, 0.25) is 0 Å². The van der Waals surface area contributed by atoms with E-state index >= 15 is 0 Å². The van der Waals surface area contributed by atoms with Crippen LogP contribution in [0.15, 0.2) is 48.5 Å². The molecule has 136 valence electrons. The Kier molecular flexibility index (Phi) is 5.73. The van der Waals surface area contributed by atoms with Gasteiger partial charge in [-0.2, -0.15) is 0 Å². The molecule has 26 heavy (non-hydrogen) atoms. The summed E-state index contributed by atoms with van der Waals surface area (Å²) in [6.45, 7) is 3.10. The van der Waals surface area contributed by atoms with Crippen LogP contribution in [0.4, 0.5) is 0 Å². The molecule has 6 nitrogen and oxygen atoms in total. The summed E-state index contributed by atoms with van der Waals surface area (Å²) in [5, 5.41) is 2.78. The van der Waals surface area contributed by atoms with Crippen molar-refractivity contribution in [1.82, 2.24) is 5.32 Å². The Balaban J connectivity index is 1.46. The van der Waals surface area contributed by atoms with Crippen LogP contribution < -0.4 is 14.8 Å². The number of amides is 1. The highest BCUT2D eigenvalue weighted by atomic mass is 16.6. The fraction of sp³-hybridized carbons (Fsp3) is 0.300. The largest absolute Gasteiger partial charge is 0.486 e. The number of rotatable bonds is 6. The van der Waals surface area contributed by atoms with Gasteiger partial charge in [0.05, 0.1) is 5.56 Å². The van der Waals surface area contributed by atoms with Gasteiger partial charge < -0.3 is 19.5 Å². The third kappa shape index (κ3) is 4.53. The predicted molar refractivity (Wildman–Crippen MR) is 95.6 cm³/mol. The lowest BCUT2D eigenvalue weighted by atomic mass is 10.0. The molecule has 0 saturated carbocycles.